The van der Waals surface area contributed by atoms with Crippen LogP contribution in [0, 0.1) is 0 Å². The van der Waals surface area contributed by atoms with Crippen LogP contribution in [0.15, 0.2) is 41.5 Å². The number of carbonyl (C=O) groups excluding carboxylic acids is 1. The van der Waals surface area contributed by atoms with Gasteiger partial charge in [-0.15, -0.1) is 5.10 Å². The molecule has 0 spiro atoms. The second-order valence-electron chi connectivity index (χ2n) is 4.95. The molecular formula is C14H15N5O3. The quantitative estimate of drug-likeness (QED) is 0.771. The highest BCUT2D eigenvalue weighted by Crippen LogP contribution is 2.15. The highest BCUT2D eigenvalue weighted by molar-refractivity contribution is 5.76. The molecule has 8 nitrogen and oxygen atoms in total. The van der Waals surface area contributed by atoms with Crippen LogP contribution in [0.3, 0.4) is 0 Å². The Morgan fingerprint density at radius 1 is 1.32 bits per heavy atom. The Morgan fingerprint density at radius 3 is 2.95 bits per heavy atom. The van der Waals surface area contributed by atoms with Crippen LogP contribution in [0.1, 0.15) is 6.42 Å². The summed E-state index contributed by atoms with van der Waals surface area (Å²) in [5.41, 5.74) is -0.289. The number of amides is 1. The molecule has 1 amide bonds. The minimum atomic E-state index is -0.289. The predicted octanol–water partition coefficient (Wildman–Crippen LogP) is -0.287. The smallest absolute Gasteiger partial charge is 0.267 e. The lowest BCUT2D eigenvalue weighted by Gasteiger charge is -2.17. The van der Waals surface area contributed by atoms with Gasteiger partial charge in [0, 0.05) is 37.5 Å². The van der Waals surface area contributed by atoms with Crippen molar-refractivity contribution in [2.45, 2.75) is 19.1 Å². The number of hydrogen-bond donors (Lipinski definition) is 0. The molecule has 0 radical (unpaired) electrons. The van der Waals surface area contributed by atoms with Crippen molar-refractivity contribution in [1.29, 1.82) is 0 Å². The van der Waals surface area contributed by atoms with Crippen molar-refractivity contribution in [1.82, 2.24) is 24.9 Å². The highest BCUT2D eigenvalue weighted by atomic mass is 16.5. The summed E-state index contributed by atoms with van der Waals surface area (Å²) >= 11 is 0. The fourth-order valence-electron chi connectivity index (χ4n) is 2.31. The van der Waals surface area contributed by atoms with Crippen LogP contribution in [-0.2, 0) is 11.3 Å². The second-order valence-corrected chi connectivity index (χ2v) is 4.95. The Morgan fingerprint density at radius 2 is 2.18 bits per heavy atom. The lowest BCUT2D eigenvalue weighted by Crippen LogP contribution is -2.36. The van der Waals surface area contributed by atoms with Gasteiger partial charge in [-0.25, -0.2) is 4.68 Å². The average Bonchev–Trinajstić information content (AvgIpc) is 2.99. The summed E-state index contributed by atoms with van der Waals surface area (Å²) in [7, 11) is 0. The van der Waals surface area contributed by atoms with E-state index in [4.69, 9.17) is 4.74 Å². The van der Waals surface area contributed by atoms with Gasteiger partial charge < -0.3 is 9.64 Å². The Bertz CT molecular complexity index is 703. The van der Waals surface area contributed by atoms with E-state index in [1.54, 1.807) is 29.3 Å². The van der Waals surface area contributed by atoms with Crippen molar-refractivity contribution < 1.29 is 9.53 Å². The van der Waals surface area contributed by atoms with Crippen LogP contribution in [-0.4, -0.2) is 50.0 Å². The third-order valence-corrected chi connectivity index (χ3v) is 3.40. The van der Waals surface area contributed by atoms with Crippen molar-refractivity contribution in [2.24, 2.45) is 0 Å². The number of rotatable bonds is 4. The molecule has 0 bridgehead atoms. The Hall–Kier alpha value is -2.77. The van der Waals surface area contributed by atoms with Gasteiger partial charge >= 0.3 is 0 Å². The van der Waals surface area contributed by atoms with Gasteiger partial charge in [-0.05, 0) is 12.1 Å². The third kappa shape index (κ3) is 3.27. The summed E-state index contributed by atoms with van der Waals surface area (Å²) in [5, 5.41) is 11.5. The first-order chi connectivity index (χ1) is 10.7. The van der Waals surface area contributed by atoms with Gasteiger partial charge in [-0.1, -0.05) is 0 Å². The maximum absolute atomic E-state index is 12.2. The van der Waals surface area contributed by atoms with Gasteiger partial charge in [0.2, 0.25) is 11.8 Å². The number of aromatic nitrogens is 4. The van der Waals surface area contributed by atoms with Gasteiger partial charge in [-0.3, -0.25) is 9.59 Å². The van der Waals surface area contributed by atoms with Gasteiger partial charge in [-0.2, -0.15) is 10.2 Å². The van der Waals surface area contributed by atoms with Gasteiger partial charge in [0.15, 0.2) is 0 Å². The van der Waals surface area contributed by atoms with Crippen LogP contribution in [0.4, 0.5) is 0 Å². The summed E-state index contributed by atoms with van der Waals surface area (Å²) in [6.07, 6.45) is 3.67. The summed E-state index contributed by atoms with van der Waals surface area (Å²) in [4.78, 5) is 25.4. The molecule has 2 aromatic rings. The summed E-state index contributed by atoms with van der Waals surface area (Å²) < 4.78 is 6.83. The molecule has 2 aromatic heterocycles. The molecule has 1 atom stereocenters. The Kier molecular flexibility index (Phi) is 4.08. The summed E-state index contributed by atoms with van der Waals surface area (Å²) in [6, 6.07) is 6.40. The fraction of sp³-hybridized carbons (Fsp3) is 0.357. The monoisotopic (exact) mass is 301 g/mol. The molecular weight excluding hydrogens is 286 g/mol. The van der Waals surface area contributed by atoms with E-state index < -0.39 is 0 Å². The molecule has 1 aliphatic heterocycles. The second kappa shape index (κ2) is 6.33. The number of hydrogen-bond acceptors (Lipinski definition) is 6. The molecule has 0 saturated carbocycles. The van der Waals surface area contributed by atoms with E-state index in [1.807, 2.05) is 0 Å². The predicted molar refractivity (Wildman–Crippen MR) is 76.1 cm³/mol. The third-order valence-electron chi connectivity index (χ3n) is 3.40. The first-order valence-corrected chi connectivity index (χ1v) is 6.96. The molecule has 1 unspecified atom stereocenters. The maximum Gasteiger partial charge on any atom is 0.267 e. The van der Waals surface area contributed by atoms with E-state index in [9.17, 15) is 9.59 Å². The maximum atomic E-state index is 12.2. The van der Waals surface area contributed by atoms with E-state index in [0.717, 1.165) is 11.1 Å². The van der Waals surface area contributed by atoms with Crippen molar-refractivity contribution in [3.05, 3.63) is 47.0 Å². The highest BCUT2D eigenvalue weighted by Gasteiger charge is 2.28. The molecule has 1 fully saturated rings. The van der Waals surface area contributed by atoms with Gasteiger partial charge in [0.05, 0.1) is 6.54 Å². The van der Waals surface area contributed by atoms with Crippen molar-refractivity contribution >= 4 is 5.91 Å². The summed E-state index contributed by atoms with van der Waals surface area (Å²) in [6.45, 7) is 1.000. The lowest BCUT2D eigenvalue weighted by atomic mass is 10.3. The number of ether oxygens (including phenoxy) is 1. The van der Waals surface area contributed by atoms with Crippen LogP contribution in [0.2, 0.25) is 0 Å². The normalized spacial score (nSPS) is 17.5. The zero-order chi connectivity index (χ0) is 15.4. The molecule has 1 aliphatic rings. The molecule has 0 aliphatic carbocycles. The SMILES string of the molecule is O=C(Cn1ncccc1=O)N1CCC(Oc2cccnn2)C1. The first kappa shape index (κ1) is 14.2. The topological polar surface area (TPSA) is 90.2 Å². The Labute approximate surface area is 126 Å². The molecule has 0 aromatic carbocycles. The van der Waals surface area contributed by atoms with Crippen LogP contribution in [0.5, 0.6) is 5.88 Å². The minimum absolute atomic E-state index is 0.0580. The number of nitrogens with zero attached hydrogens (tertiary/aromatic N) is 5. The standard InChI is InChI=1S/C14H15N5O3/c20-13-4-2-7-16-19(13)10-14(21)18-8-5-11(9-18)22-12-3-1-6-15-17-12/h1-4,6-7,11H,5,8-10H2. The fourth-order valence-corrected chi connectivity index (χ4v) is 2.31. The van der Waals surface area contributed by atoms with Crippen LogP contribution in [0.25, 0.3) is 0 Å². The molecule has 8 heteroatoms. The van der Waals surface area contributed by atoms with E-state index in [0.29, 0.717) is 19.0 Å². The molecule has 114 valence electrons. The van der Waals surface area contributed by atoms with E-state index >= 15 is 0 Å². The largest absolute Gasteiger partial charge is 0.471 e. The zero-order valence-corrected chi connectivity index (χ0v) is 11.8. The minimum Gasteiger partial charge on any atom is -0.471 e. The lowest BCUT2D eigenvalue weighted by molar-refractivity contribution is -0.131. The van der Waals surface area contributed by atoms with Crippen LogP contribution < -0.4 is 10.3 Å². The van der Waals surface area contributed by atoms with Gasteiger partial charge in [0.1, 0.15) is 12.6 Å². The summed E-state index contributed by atoms with van der Waals surface area (Å²) in [5.74, 6) is 0.300. The van der Waals surface area contributed by atoms with E-state index in [-0.39, 0.29) is 24.1 Å². The van der Waals surface area contributed by atoms with Crippen LogP contribution >= 0.6 is 0 Å². The van der Waals surface area contributed by atoms with Gasteiger partial charge in [0.25, 0.3) is 5.56 Å². The molecule has 1 saturated heterocycles. The van der Waals surface area contributed by atoms with Crippen molar-refractivity contribution in [3.8, 4) is 5.88 Å². The molecule has 22 heavy (non-hydrogen) atoms. The van der Waals surface area contributed by atoms with E-state index in [1.165, 1.54) is 12.3 Å². The van der Waals surface area contributed by atoms with Crippen molar-refractivity contribution in [2.75, 3.05) is 13.1 Å². The van der Waals surface area contributed by atoms with E-state index in [2.05, 4.69) is 15.3 Å². The number of carbonyl (C=O) groups is 1. The average molecular weight is 301 g/mol. The molecule has 3 rings (SSSR count). The molecule has 3 heterocycles. The molecule has 0 N–H and O–H groups in total. The number of likely N-dealkylation sites (tertiary alicyclic amines) is 1. The zero-order valence-electron chi connectivity index (χ0n) is 11.8. The Balaban J connectivity index is 1.57. The first-order valence-electron chi connectivity index (χ1n) is 6.96. The van der Waals surface area contributed by atoms with Crippen molar-refractivity contribution in [3.63, 3.8) is 0 Å².